The Balaban J connectivity index is 1.43. The van der Waals surface area contributed by atoms with Gasteiger partial charge in [-0.3, -0.25) is 4.68 Å². The molecule has 28 heavy (non-hydrogen) atoms. The summed E-state index contributed by atoms with van der Waals surface area (Å²) in [4.78, 5) is 0. The minimum Gasteiger partial charge on any atom is -0.373 e. The zero-order valence-corrected chi connectivity index (χ0v) is 16.2. The molecule has 0 saturated carbocycles. The SMILES string of the molecule is Cc1c(NC[C@@H]2CCCO[C@H]2c2cnn(C)c2)nnn1Cc1ccccc1F. The van der Waals surface area contributed by atoms with Crippen LogP contribution in [0.3, 0.4) is 0 Å². The topological polar surface area (TPSA) is 69.8 Å². The number of aromatic nitrogens is 5. The predicted octanol–water partition coefficient (Wildman–Crippen LogP) is 3.09. The maximum atomic E-state index is 13.9. The van der Waals surface area contributed by atoms with Crippen LogP contribution in [0.2, 0.25) is 0 Å². The molecule has 3 heterocycles. The summed E-state index contributed by atoms with van der Waals surface area (Å²) >= 11 is 0. The second-order valence-corrected chi connectivity index (χ2v) is 7.29. The Bertz CT molecular complexity index is 936. The van der Waals surface area contributed by atoms with Crippen molar-refractivity contribution >= 4 is 5.82 Å². The lowest BCUT2D eigenvalue weighted by atomic mass is 9.91. The van der Waals surface area contributed by atoms with Gasteiger partial charge in [0.05, 0.1) is 24.5 Å². The van der Waals surface area contributed by atoms with Crippen LogP contribution in [0.15, 0.2) is 36.7 Å². The number of aryl methyl sites for hydroxylation is 1. The Morgan fingerprint density at radius 3 is 2.96 bits per heavy atom. The highest BCUT2D eigenvalue weighted by Gasteiger charge is 2.28. The van der Waals surface area contributed by atoms with Gasteiger partial charge in [-0.25, -0.2) is 9.07 Å². The van der Waals surface area contributed by atoms with Gasteiger partial charge < -0.3 is 10.1 Å². The molecule has 4 rings (SSSR count). The largest absolute Gasteiger partial charge is 0.373 e. The highest BCUT2D eigenvalue weighted by Crippen LogP contribution is 2.33. The fourth-order valence-electron chi connectivity index (χ4n) is 3.70. The highest BCUT2D eigenvalue weighted by atomic mass is 19.1. The molecule has 0 aliphatic carbocycles. The van der Waals surface area contributed by atoms with Gasteiger partial charge in [0.2, 0.25) is 0 Å². The number of benzene rings is 1. The molecule has 0 bridgehead atoms. The van der Waals surface area contributed by atoms with Crippen molar-refractivity contribution in [2.24, 2.45) is 13.0 Å². The third kappa shape index (κ3) is 3.91. The molecule has 1 fully saturated rings. The fraction of sp³-hybridized carbons (Fsp3) is 0.450. The van der Waals surface area contributed by atoms with E-state index < -0.39 is 0 Å². The van der Waals surface area contributed by atoms with E-state index in [1.165, 1.54) is 6.07 Å². The number of ether oxygens (including phenoxy) is 1. The number of anilines is 1. The lowest BCUT2D eigenvalue weighted by molar-refractivity contribution is -0.0239. The summed E-state index contributed by atoms with van der Waals surface area (Å²) in [6.07, 6.45) is 6.04. The molecule has 7 nitrogen and oxygen atoms in total. The summed E-state index contributed by atoms with van der Waals surface area (Å²) in [6.45, 7) is 3.81. The summed E-state index contributed by atoms with van der Waals surface area (Å²) in [5.74, 6) is 0.825. The Kier molecular flexibility index (Phi) is 5.38. The third-order valence-corrected chi connectivity index (χ3v) is 5.29. The minimum absolute atomic E-state index is 0.0312. The van der Waals surface area contributed by atoms with Crippen LogP contribution in [0, 0.1) is 18.7 Å². The van der Waals surface area contributed by atoms with Gasteiger partial charge in [0.25, 0.3) is 0 Å². The monoisotopic (exact) mass is 384 g/mol. The number of rotatable bonds is 6. The van der Waals surface area contributed by atoms with Crippen molar-refractivity contribution in [3.8, 4) is 0 Å². The van der Waals surface area contributed by atoms with Gasteiger partial charge in [-0.1, -0.05) is 23.4 Å². The Morgan fingerprint density at radius 2 is 2.18 bits per heavy atom. The molecule has 1 saturated heterocycles. The van der Waals surface area contributed by atoms with Crippen molar-refractivity contribution in [2.45, 2.75) is 32.4 Å². The summed E-state index contributed by atoms with van der Waals surface area (Å²) in [5.41, 5.74) is 2.59. The molecule has 8 heteroatoms. The molecule has 3 aromatic rings. The molecular weight excluding hydrogens is 359 g/mol. The van der Waals surface area contributed by atoms with Crippen LogP contribution in [0.1, 0.15) is 35.8 Å². The van der Waals surface area contributed by atoms with Crippen LogP contribution in [-0.4, -0.2) is 37.9 Å². The second-order valence-electron chi connectivity index (χ2n) is 7.29. The normalized spacial score (nSPS) is 19.7. The summed E-state index contributed by atoms with van der Waals surface area (Å²) in [5, 5.41) is 16.1. The Labute approximate surface area is 163 Å². The molecule has 0 radical (unpaired) electrons. The van der Waals surface area contributed by atoms with Crippen LogP contribution in [0.5, 0.6) is 0 Å². The van der Waals surface area contributed by atoms with E-state index in [9.17, 15) is 4.39 Å². The van der Waals surface area contributed by atoms with Gasteiger partial charge in [-0.05, 0) is 25.8 Å². The highest BCUT2D eigenvalue weighted by molar-refractivity contribution is 5.39. The lowest BCUT2D eigenvalue weighted by Gasteiger charge is -2.31. The van der Waals surface area contributed by atoms with Crippen LogP contribution < -0.4 is 5.32 Å². The van der Waals surface area contributed by atoms with Crippen molar-refractivity contribution in [1.29, 1.82) is 0 Å². The quantitative estimate of drug-likeness (QED) is 0.707. The van der Waals surface area contributed by atoms with E-state index in [1.807, 2.05) is 32.4 Å². The molecule has 0 amide bonds. The first-order valence-electron chi connectivity index (χ1n) is 9.59. The summed E-state index contributed by atoms with van der Waals surface area (Å²) in [6, 6.07) is 6.74. The third-order valence-electron chi connectivity index (χ3n) is 5.29. The van der Waals surface area contributed by atoms with E-state index in [-0.39, 0.29) is 11.9 Å². The van der Waals surface area contributed by atoms with Gasteiger partial charge >= 0.3 is 0 Å². The second kappa shape index (κ2) is 8.10. The van der Waals surface area contributed by atoms with Crippen LogP contribution in [0.25, 0.3) is 0 Å². The van der Waals surface area contributed by atoms with Crippen LogP contribution in [0.4, 0.5) is 10.2 Å². The van der Waals surface area contributed by atoms with Crippen molar-refractivity contribution in [3.05, 3.63) is 59.3 Å². The molecule has 2 aromatic heterocycles. The van der Waals surface area contributed by atoms with Crippen molar-refractivity contribution in [1.82, 2.24) is 24.8 Å². The van der Waals surface area contributed by atoms with Crippen molar-refractivity contribution in [2.75, 3.05) is 18.5 Å². The predicted molar refractivity (Wildman–Crippen MR) is 103 cm³/mol. The molecule has 0 unspecified atom stereocenters. The standard InChI is InChI=1S/C20H25FN6O/c1-14-20(24-25-27(14)13-16-6-3-4-8-18(16)21)22-10-15-7-5-9-28-19(15)17-11-23-26(2)12-17/h3-4,6,8,11-12,15,19,22H,5,7,9-10,13H2,1-2H3/t15-,19+/m0/s1. The molecule has 1 N–H and O–H groups in total. The first-order chi connectivity index (χ1) is 13.6. The zero-order valence-electron chi connectivity index (χ0n) is 16.2. The van der Waals surface area contributed by atoms with Gasteiger partial charge in [0, 0.05) is 43.4 Å². The summed E-state index contributed by atoms with van der Waals surface area (Å²) < 4.78 is 23.5. The van der Waals surface area contributed by atoms with Gasteiger partial charge in [0.15, 0.2) is 5.82 Å². The van der Waals surface area contributed by atoms with Gasteiger partial charge in [-0.2, -0.15) is 5.10 Å². The van der Waals surface area contributed by atoms with Crippen LogP contribution >= 0.6 is 0 Å². The van der Waals surface area contributed by atoms with Crippen molar-refractivity contribution in [3.63, 3.8) is 0 Å². The molecular formula is C20H25FN6O. The number of hydrogen-bond acceptors (Lipinski definition) is 5. The van der Waals surface area contributed by atoms with Crippen LogP contribution in [-0.2, 0) is 18.3 Å². The van der Waals surface area contributed by atoms with E-state index in [2.05, 4.69) is 20.7 Å². The Morgan fingerprint density at radius 1 is 1.32 bits per heavy atom. The molecule has 148 valence electrons. The molecule has 1 aliphatic rings. The fourth-order valence-corrected chi connectivity index (χ4v) is 3.70. The maximum absolute atomic E-state index is 13.9. The van der Waals surface area contributed by atoms with E-state index in [0.717, 1.165) is 43.1 Å². The zero-order chi connectivity index (χ0) is 19.5. The first-order valence-corrected chi connectivity index (χ1v) is 9.59. The maximum Gasteiger partial charge on any atom is 0.171 e. The number of nitrogens with one attached hydrogen (secondary N) is 1. The van der Waals surface area contributed by atoms with E-state index >= 15 is 0 Å². The Hall–Kier alpha value is -2.74. The lowest BCUT2D eigenvalue weighted by Crippen LogP contribution is -2.28. The van der Waals surface area contributed by atoms with Gasteiger partial charge in [0.1, 0.15) is 5.82 Å². The average Bonchev–Trinajstić information content (AvgIpc) is 3.28. The molecule has 2 atom stereocenters. The number of halogens is 1. The number of nitrogens with zero attached hydrogens (tertiary/aromatic N) is 5. The minimum atomic E-state index is -0.231. The molecule has 0 spiro atoms. The van der Waals surface area contributed by atoms with Crippen molar-refractivity contribution < 1.29 is 9.13 Å². The first kappa shape index (κ1) is 18.6. The van der Waals surface area contributed by atoms with E-state index in [1.54, 1.807) is 21.5 Å². The van der Waals surface area contributed by atoms with E-state index in [0.29, 0.717) is 18.0 Å². The summed E-state index contributed by atoms with van der Waals surface area (Å²) in [7, 11) is 1.91. The van der Waals surface area contributed by atoms with Gasteiger partial charge in [-0.15, -0.1) is 5.10 Å². The van der Waals surface area contributed by atoms with E-state index in [4.69, 9.17) is 4.74 Å². The average molecular weight is 384 g/mol. The molecule has 1 aliphatic heterocycles. The smallest absolute Gasteiger partial charge is 0.171 e. The number of hydrogen-bond donors (Lipinski definition) is 1. The molecule has 1 aromatic carbocycles.